The number of aryl methyl sites for hydroxylation is 1. The number of hydrogen-bond donors (Lipinski definition) is 0. The Balaban J connectivity index is 1.71. The van der Waals surface area contributed by atoms with E-state index < -0.39 is 5.41 Å². The van der Waals surface area contributed by atoms with Crippen LogP contribution in [0.1, 0.15) is 114 Å². The monoisotopic (exact) mass is 420 g/mol. The van der Waals surface area contributed by atoms with Gasteiger partial charge in [0, 0.05) is 0 Å². The van der Waals surface area contributed by atoms with Gasteiger partial charge in [-0.3, -0.25) is 4.79 Å². The molecule has 0 atom stereocenters. The lowest BCUT2D eigenvalue weighted by atomic mass is 9.52. The van der Waals surface area contributed by atoms with E-state index in [1.54, 1.807) is 6.07 Å². The molecule has 1 aromatic carbocycles. The molecule has 0 radical (unpaired) electrons. The first-order chi connectivity index (χ1) is 15.0. The van der Waals surface area contributed by atoms with Crippen LogP contribution in [0.2, 0.25) is 0 Å². The molecule has 1 aromatic rings. The molecule has 0 amide bonds. The zero-order valence-electron chi connectivity index (χ0n) is 19.3. The highest BCUT2D eigenvalue weighted by molar-refractivity contribution is 5.80. The molecule has 0 spiro atoms. The molecule has 0 saturated heterocycles. The second-order valence-electron chi connectivity index (χ2n) is 9.78. The molecule has 31 heavy (non-hydrogen) atoms. The Labute approximate surface area is 187 Å². The number of rotatable bonds is 10. The lowest BCUT2D eigenvalue weighted by molar-refractivity contribution is -0.156. The van der Waals surface area contributed by atoms with Crippen LogP contribution in [0.4, 0.5) is 0 Å². The van der Waals surface area contributed by atoms with Crippen molar-refractivity contribution in [2.75, 3.05) is 0 Å². The number of unbranched alkanes of at least 4 members (excludes halogenated alkanes) is 4. The number of nitriles is 2. The lowest BCUT2D eigenvalue weighted by Gasteiger charge is -2.52. The van der Waals surface area contributed by atoms with Crippen molar-refractivity contribution in [2.45, 2.75) is 104 Å². The number of carbonyl (C=O) groups excluding carboxylic acids is 1. The molecule has 2 bridgehead atoms. The van der Waals surface area contributed by atoms with E-state index in [1.807, 2.05) is 6.07 Å². The van der Waals surface area contributed by atoms with E-state index >= 15 is 0 Å². The Bertz CT molecular complexity index is 850. The van der Waals surface area contributed by atoms with Crippen LogP contribution in [0.25, 0.3) is 0 Å². The van der Waals surface area contributed by atoms with Crippen LogP contribution in [-0.2, 0) is 11.2 Å². The maximum atomic E-state index is 13.3. The number of hydrogen-bond acceptors (Lipinski definition) is 4. The Morgan fingerprint density at radius 3 is 2.10 bits per heavy atom. The predicted molar refractivity (Wildman–Crippen MR) is 121 cm³/mol. The van der Waals surface area contributed by atoms with E-state index in [0.717, 1.165) is 69.8 Å². The molecule has 3 fully saturated rings. The standard InChI is InChI=1S/C27H36N2O2/c1-3-5-7-9-21-10-11-24(23(20-29)22(21)19-28)31-25(30)27-16-13-26(14-17-27,15-18-27)12-8-6-4-2/h10-11H,3-9,12-18H2,1-2H3. The molecule has 0 N–H and O–H groups in total. The summed E-state index contributed by atoms with van der Waals surface area (Å²) in [7, 11) is 0. The van der Waals surface area contributed by atoms with Gasteiger partial charge in [0.05, 0.1) is 11.0 Å². The Morgan fingerprint density at radius 1 is 0.903 bits per heavy atom. The minimum Gasteiger partial charge on any atom is -0.425 e. The van der Waals surface area contributed by atoms with E-state index in [9.17, 15) is 15.3 Å². The molecule has 4 heteroatoms. The number of benzene rings is 1. The first kappa shape index (κ1) is 23.3. The zero-order valence-corrected chi connectivity index (χ0v) is 19.3. The molecule has 3 aliphatic carbocycles. The van der Waals surface area contributed by atoms with Crippen molar-refractivity contribution in [1.82, 2.24) is 0 Å². The summed E-state index contributed by atoms with van der Waals surface area (Å²) in [6.07, 6.45) is 15.1. The van der Waals surface area contributed by atoms with Gasteiger partial charge in [0.15, 0.2) is 0 Å². The van der Waals surface area contributed by atoms with Crippen molar-refractivity contribution < 1.29 is 9.53 Å². The van der Waals surface area contributed by atoms with Gasteiger partial charge in [0.25, 0.3) is 0 Å². The summed E-state index contributed by atoms with van der Waals surface area (Å²) < 4.78 is 5.84. The van der Waals surface area contributed by atoms with Crippen molar-refractivity contribution in [2.24, 2.45) is 10.8 Å². The number of carbonyl (C=O) groups is 1. The van der Waals surface area contributed by atoms with E-state index in [2.05, 4.69) is 26.0 Å². The highest BCUT2D eigenvalue weighted by Crippen LogP contribution is 2.59. The van der Waals surface area contributed by atoms with Crippen molar-refractivity contribution in [1.29, 1.82) is 10.5 Å². The van der Waals surface area contributed by atoms with Gasteiger partial charge >= 0.3 is 5.97 Å². The summed E-state index contributed by atoms with van der Waals surface area (Å²) in [5, 5.41) is 19.4. The third kappa shape index (κ3) is 4.95. The quantitative estimate of drug-likeness (QED) is 0.232. The fraction of sp³-hybridized carbons (Fsp3) is 0.667. The van der Waals surface area contributed by atoms with Crippen molar-refractivity contribution in [3.8, 4) is 17.9 Å². The summed E-state index contributed by atoms with van der Waals surface area (Å²) in [6, 6.07) is 7.89. The third-order valence-corrected chi connectivity index (χ3v) is 7.87. The van der Waals surface area contributed by atoms with Crippen LogP contribution >= 0.6 is 0 Å². The van der Waals surface area contributed by atoms with Crippen molar-refractivity contribution >= 4 is 5.97 Å². The SMILES string of the molecule is CCCCCc1ccc(OC(=O)C23CCC(CCCCC)(CC2)CC3)c(C#N)c1C#N. The Morgan fingerprint density at radius 2 is 1.52 bits per heavy atom. The van der Waals surface area contributed by atoms with Crippen LogP contribution in [0.5, 0.6) is 5.75 Å². The summed E-state index contributed by atoms with van der Waals surface area (Å²) >= 11 is 0. The second-order valence-corrected chi connectivity index (χ2v) is 9.78. The number of ether oxygens (including phenoxy) is 1. The number of nitrogens with zero attached hydrogens (tertiary/aromatic N) is 2. The number of esters is 1. The van der Waals surface area contributed by atoms with Crippen LogP contribution in [0.15, 0.2) is 12.1 Å². The average molecular weight is 421 g/mol. The molecule has 3 saturated carbocycles. The van der Waals surface area contributed by atoms with E-state index in [-0.39, 0.29) is 17.3 Å². The first-order valence-electron chi connectivity index (χ1n) is 12.2. The third-order valence-electron chi connectivity index (χ3n) is 7.87. The molecule has 0 unspecified atom stereocenters. The van der Waals surface area contributed by atoms with E-state index in [1.165, 1.54) is 25.7 Å². The summed E-state index contributed by atoms with van der Waals surface area (Å²) in [6.45, 7) is 4.38. The second kappa shape index (κ2) is 10.3. The van der Waals surface area contributed by atoms with Gasteiger partial charge in [0.1, 0.15) is 23.5 Å². The van der Waals surface area contributed by atoms with Gasteiger partial charge in [-0.2, -0.15) is 10.5 Å². The van der Waals surface area contributed by atoms with Gasteiger partial charge in [-0.15, -0.1) is 0 Å². The number of fused-ring (bicyclic) bond motifs is 3. The Kier molecular flexibility index (Phi) is 7.77. The largest absolute Gasteiger partial charge is 0.425 e. The van der Waals surface area contributed by atoms with Gasteiger partial charge in [-0.05, 0) is 74.8 Å². The molecule has 3 aliphatic rings. The van der Waals surface area contributed by atoms with Gasteiger partial charge in [-0.1, -0.05) is 52.0 Å². The molecule has 4 nitrogen and oxygen atoms in total. The molecule has 0 heterocycles. The Hall–Kier alpha value is -2.33. The zero-order chi connectivity index (χ0) is 22.3. The molecular weight excluding hydrogens is 384 g/mol. The molecular formula is C27H36N2O2. The highest BCUT2D eigenvalue weighted by Gasteiger charge is 2.53. The first-order valence-corrected chi connectivity index (χ1v) is 12.2. The topological polar surface area (TPSA) is 73.9 Å². The van der Waals surface area contributed by atoms with Crippen molar-refractivity contribution in [3.63, 3.8) is 0 Å². The van der Waals surface area contributed by atoms with Gasteiger partial charge in [0.2, 0.25) is 0 Å². The smallest absolute Gasteiger partial charge is 0.317 e. The van der Waals surface area contributed by atoms with Crippen LogP contribution in [0, 0.1) is 33.5 Å². The van der Waals surface area contributed by atoms with E-state index in [0.29, 0.717) is 11.0 Å². The highest BCUT2D eigenvalue weighted by atomic mass is 16.5. The predicted octanol–water partition coefficient (Wildman–Crippen LogP) is 6.99. The molecule has 166 valence electrons. The lowest BCUT2D eigenvalue weighted by Crippen LogP contribution is -2.47. The average Bonchev–Trinajstić information content (AvgIpc) is 2.80. The van der Waals surface area contributed by atoms with Crippen molar-refractivity contribution in [3.05, 3.63) is 28.8 Å². The summed E-state index contributed by atoms with van der Waals surface area (Å²) in [5.74, 6) is 0.0523. The van der Waals surface area contributed by atoms with Crippen LogP contribution in [-0.4, -0.2) is 5.97 Å². The summed E-state index contributed by atoms with van der Waals surface area (Å²) in [5.41, 5.74) is 1.47. The van der Waals surface area contributed by atoms with Gasteiger partial charge < -0.3 is 4.74 Å². The van der Waals surface area contributed by atoms with Crippen LogP contribution < -0.4 is 4.74 Å². The fourth-order valence-corrected chi connectivity index (χ4v) is 5.63. The minimum atomic E-state index is -0.411. The minimum absolute atomic E-state index is 0.200. The maximum absolute atomic E-state index is 13.3. The normalized spacial score (nSPS) is 24.4. The molecule has 0 aromatic heterocycles. The summed E-state index contributed by atoms with van der Waals surface area (Å²) in [4.78, 5) is 13.3. The molecule has 0 aliphatic heterocycles. The van der Waals surface area contributed by atoms with E-state index in [4.69, 9.17) is 4.74 Å². The van der Waals surface area contributed by atoms with Gasteiger partial charge in [-0.25, -0.2) is 0 Å². The maximum Gasteiger partial charge on any atom is 0.317 e. The van der Waals surface area contributed by atoms with Crippen LogP contribution in [0.3, 0.4) is 0 Å². The fourth-order valence-electron chi connectivity index (χ4n) is 5.63. The molecule has 4 rings (SSSR count).